The Morgan fingerprint density at radius 1 is 1.11 bits per heavy atom. The van der Waals surface area contributed by atoms with E-state index in [9.17, 15) is 9.50 Å². The molecule has 0 radical (unpaired) electrons. The fourth-order valence-corrected chi connectivity index (χ4v) is 2.93. The number of aliphatic hydroxyl groups is 1. The standard InChI is InChI=1S/C16H23FO/c1-12-11-14(9-10-15(12)17)16(18)13-7-5-3-2-4-6-8-13/h9-11,13,16,18H,2-8H2,1H3. The van der Waals surface area contributed by atoms with E-state index in [0.717, 1.165) is 18.4 Å². The number of hydrogen-bond acceptors (Lipinski definition) is 1. The lowest BCUT2D eigenvalue weighted by Gasteiger charge is -2.25. The summed E-state index contributed by atoms with van der Waals surface area (Å²) < 4.78 is 13.2. The smallest absolute Gasteiger partial charge is 0.126 e. The van der Waals surface area contributed by atoms with Gasteiger partial charge in [0.05, 0.1) is 6.10 Å². The molecule has 100 valence electrons. The second-order valence-corrected chi connectivity index (χ2v) is 5.56. The Hall–Kier alpha value is -0.890. The van der Waals surface area contributed by atoms with E-state index in [4.69, 9.17) is 0 Å². The van der Waals surface area contributed by atoms with E-state index in [1.54, 1.807) is 19.1 Å². The van der Waals surface area contributed by atoms with E-state index in [0.29, 0.717) is 11.5 Å². The largest absolute Gasteiger partial charge is 0.388 e. The molecule has 2 rings (SSSR count). The Labute approximate surface area is 109 Å². The first-order chi connectivity index (χ1) is 8.68. The van der Waals surface area contributed by atoms with Gasteiger partial charge in [-0.25, -0.2) is 4.39 Å². The van der Waals surface area contributed by atoms with Gasteiger partial charge in [0.15, 0.2) is 0 Å². The number of hydrogen-bond donors (Lipinski definition) is 1. The lowest BCUT2D eigenvalue weighted by atomic mass is 9.84. The highest BCUT2D eigenvalue weighted by molar-refractivity contribution is 5.26. The van der Waals surface area contributed by atoms with Crippen LogP contribution in [0.5, 0.6) is 0 Å². The number of rotatable bonds is 2. The third kappa shape index (κ3) is 3.32. The highest BCUT2D eigenvalue weighted by Gasteiger charge is 2.21. The van der Waals surface area contributed by atoms with Crippen molar-refractivity contribution in [2.45, 2.75) is 58.0 Å². The molecule has 1 N–H and O–H groups in total. The molecule has 1 aliphatic rings. The topological polar surface area (TPSA) is 20.2 Å². The molecule has 0 amide bonds. The third-order valence-electron chi connectivity index (χ3n) is 4.12. The van der Waals surface area contributed by atoms with Gasteiger partial charge in [0, 0.05) is 0 Å². The number of benzene rings is 1. The normalized spacial score (nSPS) is 20.2. The van der Waals surface area contributed by atoms with Crippen molar-refractivity contribution in [2.75, 3.05) is 0 Å². The molecule has 0 bridgehead atoms. The molecule has 1 aromatic rings. The number of aliphatic hydroxyl groups excluding tert-OH is 1. The van der Waals surface area contributed by atoms with Crippen LogP contribution in [0.2, 0.25) is 0 Å². The van der Waals surface area contributed by atoms with E-state index < -0.39 is 6.10 Å². The van der Waals surface area contributed by atoms with Crippen molar-refractivity contribution < 1.29 is 9.50 Å². The van der Waals surface area contributed by atoms with Crippen molar-refractivity contribution in [3.8, 4) is 0 Å². The second kappa shape index (κ2) is 6.33. The Kier molecular flexibility index (Phi) is 4.76. The van der Waals surface area contributed by atoms with Gasteiger partial charge in [-0.1, -0.05) is 44.2 Å². The van der Waals surface area contributed by atoms with Crippen molar-refractivity contribution in [3.05, 3.63) is 35.1 Å². The lowest BCUT2D eigenvalue weighted by molar-refractivity contribution is 0.0911. The van der Waals surface area contributed by atoms with E-state index >= 15 is 0 Å². The van der Waals surface area contributed by atoms with Crippen molar-refractivity contribution in [3.63, 3.8) is 0 Å². The first-order valence-electron chi connectivity index (χ1n) is 7.12. The van der Waals surface area contributed by atoms with Gasteiger partial charge in [0.1, 0.15) is 5.82 Å². The molecule has 1 nitrogen and oxygen atoms in total. The van der Waals surface area contributed by atoms with Crippen molar-refractivity contribution >= 4 is 0 Å². The fraction of sp³-hybridized carbons (Fsp3) is 0.625. The van der Waals surface area contributed by atoms with E-state index in [2.05, 4.69) is 0 Å². The van der Waals surface area contributed by atoms with Crippen LogP contribution in [0.3, 0.4) is 0 Å². The molecule has 0 heterocycles. The summed E-state index contributed by atoms with van der Waals surface area (Å²) in [7, 11) is 0. The van der Waals surface area contributed by atoms with Crippen LogP contribution in [0.1, 0.15) is 62.2 Å². The zero-order valence-electron chi connectivity index (χ0n) is 11.2. The van der Waals surface area contributed by atoms with Gasteiger partial charge in [-0.3, -0.25) is 0 Å². The zero-order valence-corrected chi connectivity index (χ0v) is 11.2. The lowest BCUT2D eigenvalue weighted by Crippen LogP contribution is -2.14. The Balaban J connectivity index is 2.08. The summed E-state index contributed by atoms with van der Waals surface area (Å²) in [5.41, 5.74) is 1.50. The molecule has 1 aromatic carbocycles. The molecular formula is C16H23FO. The molecular weight excluding hydrogens is 227 g/mol. The van der Waals surface area contributed by atoms with Crippen LogP contribution in [-0.2, 0) is 0 Å². The molecule has 1 unspecified atom stereocenters. The summed E-state index contributed by atoms with van der Waals surface area (Å²) in [5, 5.41) is 10.5. The highest BCUT2D eigenvalue weighted by Crippen LogP contribution is 2.33. The summed E-state index contributed by atoms with van der Waals surface area (Å²) in [6.45, 7) is 1.75. The van der Waals surface area contributed by atoms with Gasteiger partial charge in [0.25, 0.3) is 0 Å². The highest BCUT2D eigenvalue weighted by atomic mass is 19.1. The average Bonchev–Trinajstić information content (AvgIpc) is 2.31. The fourth-order valence-electron chi connectivity index (χ4n) is 2.93. The minimum Gasteiger partial charge on any atom is -0.388 e. The van der Waals surface area contributed by atoms with Crippen molar-refractivity contribution in [1.82, 2.24) is 0 Å². The van der Waals surface area contributed by atoms with Crippen molar-refractivity contribution in [1.29, 1.82) is 0 Å². The molecule has 18 heavy (non-hydrogen) atoms. The first-order valence-corrected chi connectivity index (χ1v) is 7.12. The zero-order chi connectivity index (χ0) is 13.0. The van der Waals surface area contributed by atoms with Gasteiger partial charge < -0.3 is 5.11 Å². The first kappa shape index (κ1) is 13.5. The molecule has 1 saturated carbocycles. The van der Waals surface area contributed by atoms with Gasteiger partial charge in [-0.15, -0.1) is 0 Å². The Bertz CT molecular complexity index is 381. The quantitative estimate of drug-likeness (QED) is 0.817. The second-order valence-electron chi connectivity index (χ2n) is 5.56. The molecule has 0 aliphatic heterocycles. The van der Waals surface area contributed by atoms with Gasteiger partial charge >= 0.3 is 0 Å². The predicted molar refractivity (Wildman–Crippen MR) is 71.9 cm³/mol. The maximum Gasteiger partial charge on any atom is 0.126 e. The molecule has 1 fully saturated rings. The van der Waals surface area contributed by atoms with Crippen LogP contribution < -0.4 is 0 Å². The van der Waals surface area contributed by atoms with Gasteiger partial charge in [-0.2, -0.15) is 0 Å². The third-order valence-corrected chi connectivity index (χ3v) is 4.12. The summed E-state index contributed by atoms with van der Waals surface area (Å²) in [6.07, 6.45) is 8.08. The summed E-state index contributed by atoms with van der Waals surface area (Å²) >= 11 is 0. The summed E-state index contributed by atoms with van der Waals surface area (Å²) in [5.74, 6) is 0.152. The summed E-state index contributed by atoms with van der Waals surface area (Å²) in [4.78, 5) is 0. The minimum absolute atomic E-state index is 0.191. The van der Waals surface area contributed by atoms with Crippen LogP contribution in [-0.4, -0.2) is 5.11 Å². The monoisotopic (exact) mass is 250 g/mol. The van der Waals surface area contributed by atoms with Crippen LogP contribution in [0.25, 0.3) is 0 Å². The minimum atomic E-state index is -0.428. The predicted octanol–water partition coefficient (Wildman–Crippen LogP) is 4.53. The van der Waals surface area contributed by atoms with Gasteiger partial charge in [-0.05, 0) is 42.9 Å². The Morgan fingerprint density at radius 2 is 1.72 bits per heavy atom. The SMILES string of the molecule is Cc1cc(C(O)C2CCCCCCC2)ccc1F. The van der Waals surface area contributed by atoms with Crippen LogP contribution in [0, 0.1) is 18.7 Å². The van der Waals surface area contributed by atoms with E-state index in [1.165, 1.54) is 38.2 Å². The van der Waals surface area contributed by atoms with Crippen molar-refractivity contribution in [2.24, 2.45) is 5.92 Å². The molecule has 1 atom stereocenters. The molecule has 0 spiro atoms. The van der Waals surface area contributed by atoms with E-state index in [1.807, 2.05) is 0 Å². The number of halogens is 1. The summed E-state index contributed by atoms with van der Waals surface area (Å²) in [6, 6.07) is 4.99. The number of aryl methyl sites for hydroxylation is 1. The van der Waals surface area contributed by atoms with E-state index in [-0.39, 0.29) is 5.82 Å². The molecule has 2 heteroatoms. The molecule has 0 saturated heterocycles. The van der Waals surface area contributed by atoms with Crippen LogP contribution in [0.4, 0.5) is 4.39 Å². The maximum absolute atomic E-state index is 13.2. The molecule has 1 aliphatic carbocycles. The van der Waals surface area contributed by atoms with Crippen LogP contribution in [0.15, 0.2) is 18.2 Å². The molecule has 0 aromatic heterocycles. The maximum atomic E-state index is 13.2. The van der Waals surface area contributed by atoms with Crippen LogP contribution >= 0.6 is 0 Å². The average molecular weight is 250 g/mol. The van der Waals surface area contributed by atoms with Gasteiger partial charge in [0.2, 0.25) is 0 Å². The Morgan fingerprint density at radius 3 is 2.33 bits per heavy atom.